The molecule has 0 fully saturated rings. The molecular weight excluding hydrogens is 238 g/mol. The molecule has 0 bridgehead atoms. The summed E-state index contributed by atoms with van der Waals surface area (Å²) in [5.74, 6) is 0.0506. The fourth-order valence-electron chi connectivity index (χ4n) is 1.67. The monoisotopic (exact) mass is 249 g/mol. The molecule has 2 aromatic rings. The third kappa shape index (κ3) is 2.32. The number of ether oxygens (including phenoxy) is 1. The standard InChI is InChI=1S/C12H11NO5/c1-7(17-8(2)14)12-6-9-5-10(13(15)16)3-4-11(9)18-12/h3-7H,1-2H3/t7-/m1/s1. The van der Waals surface area contributed by atoms with Crippen molar-refractivity contribution in [2.75, 3.05) is 0 Å². The summed E-state index contributed by atoms with van der Waals surface area (Å²) >= 11 is 0. The fraction of sp³-hybridized carbons (Fsp3) is 0.250. The van der Waals surface area contributed by atoms with Gasteiger partial charge in [0.05, 0.1) is 4.92 Å². The number of carbonyl (C=O) groups is 1. The zero-order valence-electron chi connectivity index (χ0n) is 9.88. The fourth-order valence-corrected chi connectivity index (χ4v) is 1.67. The molecule has 0 unspecified atom stereocenters. The Morgan fingerprint density at radius 2 is 2.17 bits per heavy atom. The number of furan rings is 1. The smallest absolute Gasteiger partial charge is 0.303 e. The van der Waals surface area contributed by atoms with E-state index in [0.29, 0.717) is 16.7 Å². The minimum atomic E-state index is -0.519. The summed E-state index contributed by atoms with van der Waals surface area (Å²) in [6, 6.07) is 5.95. The second kappa shape index (κ2) is 4.48. The highest BCUT2D eigenvalue weighted by Crippen LogP contribution is 2.28. The molecule has 6 nitrogen and oxygen atoms in total. The van der Waals surface area contributed by atoms with Gasteiger partial charge in [-0.2, -0.15) is 0 Å². The van der Waals surface area contributed by atoms with Gasteiger partial charge in [-0.05, 0) is 19.1 Å². The van der Waals surface area contributed by atoms with Crippen LogP contribution in [-0.2, 0) is 9.53 Å². The number of nitrogens with zero attached hydrogens (tertiary/aromatic N) is 1. The van der Waals surface area contributed by atoms with Crippen LogP contribution in [0.1, 0.15) is 25.7 Å². The van der Waals surface area contributed by atoms with Gasteiger partial charge in [-0.15, -0.1) is 0 Å². The minimum absolute atomic E-state index is 0.00464. The molecule has 0 radical (unpaired) electrons. The van der Waals surface area contributed by atoms with Gasteiger partial charge in [0.25, 0.3) is 5.69 Å². The van der Waals surface area contributed by atoms with Gasteiger partial charge in [-0.3, -0.25) is 14.9 Å². The first-order chi connectivity index (χ1) is 8.47. The largest absolute Gasteiger partial charge is 0.457 e. The number of nitro benzene ring substituents is 1. The van der Waals surface area contributed by atoms with Gasteiger partial charge in [-0.25, -0.2) is 0 Å². The summed E-state index contributed by atoms with van der Waals surface area (Å²) in [7, 11) is 0. The second-order valence-corrected chi connectivity index (χ2v) is 3.88. The summed E-state index contributed by atoms with van der Waals surface area (Å²) in [5.41, 5.74) is 0.518. The van der Waals surface area contributed by atoms with Crippen molar-refractivity contribution in [2.45, 2.75) is 20.0 Å². The van der Waals surface area contributed by atoms with Crippen molar-refractivity contribution >= 4 is 22.6 Å². The first-order valence-corrected chi connectivity index (χ1v) is 5.32. The van der Waals surface area contributed by atoms with Crippen molar-refractivity contribution < 1.29 is 18.9 Å². The molecule has 0 N–H and O–H groups in total. The predicted octanol–water partition coefficient (Wildman–Crippen LogP) is 2.97. The number of non-ortho nitro benzene ring substituents is 1. The van der Waals surface area contributed by atoms with Crippen molar-refractivity contribution in [1.29, 1.82) is 0 Å². The Morgan fingerprint density at radius 1 is 1.44 bits per heavy atom. The third-order valence-electron chi connectivity index (χ3n) is 2.47. The Balaban J connectivity index is 2.38. The second-order valence-electron chi connectivity index (χ2n) is 3.88. The van der Waals surface area contributed by atoms with Crippen LogP contribution in [0.2, 0.25) is 0 Å². The van der Waals surface area contributed by atoms with Crippen molar-refractivity contribution in [2.24, 2.45) is 0 Å². The molecule has 0 saturated heterocycles. The average Bonchev–Trinajstić information content (AvgIpc) is 2.70. The molecular formula is C12H11NO5. The van der Waals surface area contributed by atoms with Gasteiger partial charge < -0.3 is 9.15 Å². The van der Waals surface area contributed by atoms with Gasteiger partial charge in [0.2, 0.25) is 0 Å². The van der Waals surface area contributed by atoms with Crippen LogP contribution in [0.4, 0.5) is 5.69 Å². The molecule has 1 atom stereocenters. The molecule has 0 amide bonds. The number of carbonyl (C=O) groups excluding carboxylic acids is 1. The Bertz CT molecular complexity index is 616. The van der Waals surface area contributed by atoms with E-state index in [0.717, 1.165) is 0 Å². The van der Waals surface area contributed by atoms with Crippen molar-refractivity contribution in [3.8, 4) is 0 Å². The van der Waals surface area contributed by atoms with Crippen molar-refractivity contribution in [1.82, 2.24) is 0 Å². The highest BCUT2D eigenvalue weighted by atomic mass is 16.6. The van der Waals surface area contributed by atoms with E-state index in [1.54, 1.807) is 13.0 Å². The number of fused-ring (bicyclic) bond motifs is 1. The quantitative estimate of drug-likeness (QED) is 0.474. The lowest BCUT2D eigenvalue weighted by Gasteiger charge is -2.07. The molecule has 6 heteroatoms. The molecule has 94 valence electrons. The van der Waals surface area contributed by atoms with Crippen LogP contribution in [0.3, 0.4) is 0 Å². The molecule has 1 aromatic heterocycles. The van der Waals surface area contributed by atoms with E-state index in [4.69, 9.17) is 9.15 Å². The number of benzene rings is 1. The Labute approximate surface area is 102 Å². The van der Waals surface area contributed by atoms with E-state index in [9.17, 15) is 14.9 Å². The molecule has 1 aromatic carbocycles. The lowest BCUT2D eigenvalue weighted by molar-refractivity contribution is -0.384. The molecule has 0 aliphatic heterocycles. The molecule has 0 aliphatic carbocycles. The molecule has 18 heavy (non-hydrogen) atoms. The zero-order valence-corrected chi connectivity index (χ0v) is 9.88. The van der Waals surface area contributed by atoms with Gasteiger partial charge in [0.1, 0.15) is 11.3 Å². The van der Waals surface area contributed by atoms with Crippen LogP contribution in [0, 0.1) is 10.1 Å². The van der Waals surface area contributed by atoms with Crippen LogP contribution in [0.5, 0.6) is 0 Å². The highest BCUT2D eigenvalue weighted by Gasteiger charge is 2.16. The normalized spacial score (nSPS) is 12.3. The predicted molar refractivity (Wildman–Crippen MR) is 63.0 cm³/mol. The number of nitro groups is 1. The summed E-state index contributed by atoms with van der Waals surface area (Å²) in [6.45, 7) is 2.98. The lowest BCUT2D eigenvalue weighted by Crippen LogP contribution is -2.03. The Hall–Kier alpha value is -2.37. The van der Waals surface area contributed by atoms with Gasteiger partial charge in [0, 0.05) is 24.4 Å². The third-order valence-corrected chi connectivity index (χ3v) is 2.47. The van der Waals surface area contributed by atoms with Gasteiger partial charge >= 0.3 is 5.97 Å². The molecule has 0 spiro atoms. The van der Waals surface area contributed by atoms with E-state index in [-0.39, 0.29) is 5.69 Å². The number of rotatable bonds is 3. The van der Waals surface area contributed by atoms with E-state index in [1.165, 1.54) is 25.1 Å². The first-order valence-electron chi connectivity index (χ1n) is 5.32. The molecule has 2 rings (SSSR count). The van der Waals surface area contributed by atoms with Crippen LogP contribution < -0.4 is 0 Å². The zero-order chi connectivity index (χ0) is 13.3. The number of hydrogen-bond acceptors (Lipinski definition) is 5. The van der Waals surface area contributed by atoms with Crippen molar-refractivity contribution in [3.63, 3.8) is 0 Å². The van der Waals surface area contributed by atoms with Crippen LogP contribution in [0.15, 0.2) is 28.7 Å². The molecule has 0 aliphatic rings. The Kier molecular flexibility index (Phi) is 3.01. The highest BCUT2D eigenvalue weighted by molar-refractivity contribution is 5.80. The average molecular weight is 249 g/mol. The van der Waals surface area contributed by atoms with Crippen LogP contribution >= 0.6 is 0 Å². The maximum Gasteiger partial charge on any atom is 0.303 e. The van der Waals surface area contributed by atoms with Gasteiger partial charge in [-0.1, -0.05) is 0 Å². The molecule has 0 saturated carbocycles. The maximum atomic E-state index is 10.8. The lowest BCUT2D eigenvalue weighted by atomic mass is 10.2. The van der Waals surface area contributed by atoms with E-state index < -0.39 is 17.0 Å². The number of hydrogen-bond donors (Lipinski definition) is 0. The van der Waals surface area contributed by atoms with E-state index in [1.807, 2.05) is 0 Å². The van der Waals surface area contributed by atoms with Crippen LogP contribution in [0.25, 0.3) is 11.0 Å². The van der Waals surface area contributed by atoms with E-state index >= 15 is 0 Å². The van der Waals surface area contributed by atoms with E-state index in [2.05, 4.69) is 0 Å². The maximum absolute atomic E-state index is 10.8. The summed E-state index contributed by atoms with van der Waals surface area (Å²) < 4.78 is 10.4. The van der Waals surface area contributed by atoms with Gasteiger partial charge in [0.15, 0.2) is 6.10 Å². The minimum Gasteiger partial charge on any atom is -0.457 e. The topological polar surface area (TPSA) is 82.6 Å². The summed E-state index contributed by atoms with van der Waals surface area (Å²) in [6.07, 6.45) is -0.519. The Morgan fingerprint density at radius 3 is 2.78 bits per heavy atom. The van der Waals surface area contributed by atoms with Crippen molar-refractivity contribution in [3.05, 3.63) is 40.1 Å². The summed E-state index contributed by atoms with van der Waals surface area (Å²) in [4.78, 5) is 21.0. The number of esters is 1. The SMILES string of the molecule is CC(=O)O[C@H](C)c1cc2cc([N+](=O)[O-])ccc2o1. The van der Waals surface area contributed by atoms with Crippen LogP contribution in [-0.4, -0.2) is 10.9 Å². The molecule has 1 heterocycles. The first kappa shape index (κ1) is 12.1. The summed E-state index contributed by atoms with van der Waals surface area (Å²) in [5, 5.41) is 11.2.